The maximum absolute atomic E-state index is 11.1. The van der Waals surface area contributed by atoms with Crippen molar-refractivity contribution in [3.8, 4) is 0 Å². The second-order valence-electron chi connectivity index (χ2n) is 2.42. The van der Waals surface area contributed by atoms with Crippen molar-refractivity contribution in [2.45, 2.75) is 6.92 Å². The quantitative estimate of drug-likeness (QED) is 0.602. The van der Waals surface area contributed by atoms with Crippen molar-refractivity contribution in [1.82, 2.24) is 9.78 Å². The average Bonchev–Trinajstić information content (AvgIpc) is 2.28. The summed E-state index contributed by atoms with van der Waals surface area (Å²) in [7, 11) is 1.73. The zero-order valence-corrected chi connectivity index (χ0v) is 6.66. The van der Waals surface area contributed by atoms with E-state index >= 15 is 0 Å². The Morgan fingerprint density at radius 2 is 2.45 bits per heavy atom. The van der Waals surface area contributed by atoms with E-state index in [9.17, 15) is 4.79 Å². The highest BCUT2D eigenvalue weighted by Gasteiger charge is 2.08. The third kappa shape index (κ3) is 1.46. The van der Waals surface area contributed by atoms with E-state index in [1.54, 1.807) is 17.8 Å². The number of nitrogens with two attached hydrogens (primary N) is 1. The van der Waals surface area contributed by atoms with Crippen LogP contribution in [0.25, 0.3) is 0 Å². The normalized spacial score (nSPS) is 10.1. The van der Waals surface area contributed by atoms with Gasteiger partial charge in [-0.05, 0) is 13.0 Å². The number of nitrogens with zero attached hydrogens (tertiary/aromatic N) is 2. The van der Waals surface area contributed by atoms with Gasteiger partial charge in [0, 0.05) is 7.05 Å². The largest absolute Gasteiger partial charge is 0.324 e. The van der Waals surface area contributed by atoms with E-state index < -0.39 is 0 Å². The van der Waals surface area contributed by atoms with Crippen molar-refractivity contribution in [3.63, 3.8) is 0 Å². The zero-order valence-electron chi connectivity index (χ0n) is 6.66. The van der Waals surface area contributed by atoms with Crippen molar-refractivity contribution >= 4 is 5.78 Å². The van der Waals surface area contributed by atoms with Crippen molar-refractivity contribution < 1.29 is 4.79 Å². The van der Waals surface area contributed by atoms with Crippen LogP contribution in [-0.4, -0.2) is 22.1 Å². The van der Waals surface area contributed by atoms with E-state index in [0.29, 0.717) is 5.69 Å². The second kappa shape index (κ2) is 2.84. The minimum absolute atomic E-state index is 0.0406. The molecule has 0 aromatic carbocycles. The topological polar surface area (TPSA) is 60.9 Å². The van der Waals surface area contributed by atoms with Gasteiger partial charge in [0.05, 0.1) is 12.2 Å². The lowest BCUT2D eigenvalue weighted by Gasteiger charge is -1.95. The van der Waals surface area contributed by atoms with Gasteiger partial charge in [-0.3, -0.25) is 9.48 Å². The molecule has 4 heteroatoms. The van der Waals surface area contributed by atoms with Crippen LogP contribution in [0.15, 0.2) is 6.07 Å². The molecule has 11 heavy (non-hydrogen) atoms. The second-order valence-corrected chi connectivity index (χ2v) is 2.42. The molecule has 0 unspecified atom stereocenters. The Hall–Kier alpha value is -1.16. The van der Waals surface area contributed by atoms with Crippen LogP contribution >= 0.6 is 0 Å². The molecule has 0 bridgehead atoms. The number of hydrogen-bond acceptors (Lipinski definition) is 3. The highest BCUT2D eigenvalue weighted by molar-refractivity contribution is 5.95. The molecule has 1 aromatic rings. The van der Waals surface area contributed by atoms with Gasteiger partial charge in [0.25, 0.3) is 0 Å². The van der Waals surface area contributed by atoms with E-state index in [4.69, 9.17) is 5.73 Å². The lowest BCUT2D eigenvalue weighted by Crippen LogP contribution is -2.16. The summed E-state index contributed by atoms with van der Waals surface area (Å²) < 4.78 is 1.55. The molecule has 0 spiro atoms. The van der Waals surface area contributed by atoms with Crippen LogP contribution in [0.4, 0.5) is 0 Å². The molecule has 0 saturated carbocycles. The number of carbonyl (C=O) groups is 1. The molecule has 1 aromatic heterocycles. The minimum Gasteiger partial charge on any atom is -0.324 e. The molecule has 0 aliphatic rings. The molecule has 4 nitrogen and oxygen atoms in total. The predicted molar refractivity (Wildman–Crippen MR) is 41.3 cm³/mol. The molecule has 60 valence electrons. The molecule has 0 fully saturated rings. The van der Waals surface area contributed by atoms with Gasteiger partial charge in [0.2, 0.25) is 0 Å². The highest BCUT2D eigenvalue weighted by atomic mass is 16.1. The van der Waals surface area contributed by atoms with Gasteiger partial charge >= 0.3 is 0 Å². The van der Waals surface area contributed by atoms with E-state index in [2.05, 4.69) is 5.10 Å². The van der Waals surface area contributed by atoms with Crippen molar-refractivity contribution in [2.24, 2.45) is 12.8 Å². The minimum atomic E-state index is -0.0758. The van der Waals surface area contributed by atoms with Crippen LogP contribution in [0, 0.1) is 6.92 Å². The fraction of sp³-hybridized carbons (Fsp3) is 0.429. The first kappa shape index (κ1) is 7.94. The fourth-order valence-corrected chi connectivity index (χ4v) is 0.976. The molecule has 2 N–H and O–H groups in total. The van der Waals surface area contributed by atoms with E-state index in [-0.39, 0.29) is 12.3 Å². The van der Waals surface area contributed by atoms with Crippen LogP contribution in [0.1, 0.15) is 16.2 Å². The third-order valence-electron chi connectivity index (χ3n) is 1.47. The third-order valence-corrected chi connectivity index (χ3v) is 1.47. The van der Waals surface area contributed by atoms with Gasteiger partial charge in [-0.2, -0.15) is 5.10 Å². The summed E-state index contributed by atoms with van der Waals surface area (Å²) in [6, 6.07) is 1.73. The van der Waals surface area contributed by atoms with Gasteiger partial charge in [0.15, 0.2) is 5.78 Å². The van der Waals surface area contributed by atoms with Gasteiger partial charge in [-0.1, -0.05) is 0 Å². The number of aromatic nitrogens is 2. The van der Waals surface area contributed by atoms with Gasteiger partial charge in [-0.15, -0.1) is 0 Å². The Labute approximate surface area is 65.0 Å². The number of aryl methyl sites for hydroxylation is 2. The van der Waals surface area contributed by atoms with Crippen LogP contribution in [0.5, 0.6) is 0 Å². The van der Waals surface area contributed by atoms with E-state index in [1.165, 1.54) is 0 Å². The number of Topliss-reactive ketones (excluding diaryl/α,β-unsaturated/α-hetero) is 1. The first-order valence-corrected chi connectivity index (χ1v) is 3.39. The average molecular weight is 153 g/mol. The smallest absolute Gasteiger partial charge is 0.194 e. The van der Waals surface area contributed by atoms with Gasteiger partial charge in [-0.25, -0.2) is 0 Å². The number of rotatable bonds is 2. The molecular weight excluding hydrogens is 142 g/mol. The molecule has 0 saturated heterocycles. The summed E-state index contributed by atoms with van der Waals surface area (Å²) >= 11 is 0. The molecule has 0 atom stereocenters. The fourth-order valence-electron chi connectivity index (χ4n) is 0.976. The molecular formula is C7H11N3O. The molecule has 0 radical (unpaired) electrons. The number of ketones is 1. The van der Waals surface area contributed by atoms with E-state index in [1.807, 2.05) is 6.92 Å². The van der Waals surface area contributed by atoms with Crippen molar-refractivity contribution in [2.75, 3.05) is 6.54 Å². The van der Waals surface area contributed by atoms with Crippen LogP contribution < -0.4 is 5.73 Å². The number of hydrogen-bond donors (Lipinski definition) is 1. The summed E-state index contributed by atoms with van der Waals surface area (Å²) in [5, 5.41) is 4.02. The Morgan fingerprint density at radius 1 is 1.82 bits per heavy atom. The summed E-state index contributed by atoms with van der Waals surface area (Å²) in [5.41, 5.74) is 6.60. The molecule has 1 rings (SSSR count). The summed E-state index contributed by atoms with van der Waals surface area (Å²) in [6.45, 7) is 1.88. The summed E-state index contributed by atoms with van der Waals surface area (Å²) in [5.74, 6) is -0.0758. The van der Waals surface area contributed by atoms with Crippen molar-refractivity contribution in [3.05, 3.63) is 17.5 Å². The highest BCUT2D eigenvalue weighted by Crippen LogP contribution is 2.01. The first-order valence-electron chi connectivity index (χ1n) is 3.39. The Morgan fingerprint density at radius 3 is 2.82 bits per heavy atom. The Kier molecular flexibility index (Phi) is 2.05. The van der Waals surface area contributed by atoms with Gasteiger partial charge in [0.1, 0.15) is 5.69 Å². The maximum Gasteiger partial charge on any atom is 0.194 e. The van der Waals surface area contributed by atoms with Crippen LogP contribution in [0.3, 0.4) is 0 Å². The number of carbonyl (C=O) groups excluding carboxylic acids is 1. The lowest BCUT2D eigenvalue weighted by molar-refractivity contribution is 0.0992. The van der Waals surface area contributed by atoms with E-state index in [0.717, 1.165) is 5.69 Å². The van der Waals surface area contributed by atoms with Crippen LogP contribution in [-0.2, 0) is 7.05 Å². The SMILES string of the molecule is Cc1cc(C(=O)CN)n(C)n1. The summed E-state index contributed by atoms with van der Waals surface area (Å²) in [4.78, 5) is 11.1. The molecule has 0 aliphatic carbocycles. The molecule has 0 aliphatic heterocycles. The standard InChI is InChI=1S/C7H11N3O/c1-5-3-6(7(11)4-8)10(2)9-5/h3H,4,8H2,1-2H3. The summed E-state index contributed by atoms with van der Waals surface area (Å²) in [6.07, 6.45) is 0. The monoisotopic (exact) mass is 153 g/mol. The Balaban J connectivity index is 3.03. The maximum atomic E-state index is 11.1. The van der Waals surface area contributed by atoms with Crippen LogP contribution in [0.2, 0.25) is 0 Å². The zero-order chi connectivity index (χ0) is 8.43. The molecule has 0 amide bonds. The Bertz CT molecular complexity index is 277. The predicted octanol–water partition coefficient (Wildman–Crippen LogP) is -0.130. The first-order chi connectivity index (χ1) is 5.15. The van der Waals surface area contributed by atoms with Crippen molar-refractivity contribution in [1.29, 1.82) is 0 Å². The lowest BCUT2D eigenvalue weighted by atomic mass is 10.2. The van der Waals surface area contributed by atoms with Gasteiger partial charge < -0.3 is 5.73 Å². The molecule has 1 heterocycles.